The van der Waals surface area contributed by atoms with E-state index in [2.05, 4.69) is 9.97 Å². The minimum Gasteiger partial charge on any atom is -0.478 e. The molecule has 0 aromatic carbocycles. The summed E-state index contributed by atoms with van der Waals surface area (Å²) in [6.07, 6.45) is 9.72. The molecule has 1 aromatic rings. The Balaban J connectivity index is 1.63. The third kappa shape index (κ3) is 1.77. The lowest BCUT2D eigenvalue weighted by molar-refractivity contribution is -0.00567. The molecule has 5 rings (SSSR count). The average molecular weight is 258 g/mol. The van der Waals surface area contributed by atoms with Crippen molar-refractivity contribution in [1.82, 2.24) is 9.97 Å². The van der Waals surface area contributed by atoms with E-state index in [0.29, 0.717) is 5.92 Å². The number of nitrogens with zero attached hydrogens (tertiary/aromatic N) is 2. The molecule has 4 aliphatic carbocycles. The van der Waals surface area contributed by atoms with E-state index in [1.54, 1.807) is 0 Å². The summed E-state index contributed by atoms with van der Waals surface area (Å²) in [5, 5.41) is 8.91. The Bertz CT molecular complexity index is 483. The van der Waals surface area contributed by atoms with Crippen LogP contribution in [0.1, 0.15) is 54.2 Å². The molecule has 19 heavy (non-hydrogen) atoms. The number of rotatable bonds is 2. The summed E-state index contributed by atoms with van der Waals surface area (Å²) in [7, 11) is 0. The van der Waals surface area contributed by atoms with Gasteiger partial charge in [0.15, 0.2) is 0 Å². The van der Waals surface area contributed by atoms with E-state index in [4.69, 9.17) is 5.11 Å². The van der Waals surface area contributed by atoms with Crippen molar-refractivity contribution < 1.29 is 9.90 Å². The molecule has 4 saturated carbocycles. The van der Waals surface area contributed by atoms with E-state index >= 15 is 0 Å². The van der Waals surface area contributed by atoms with Crippen molar-refractivity contribution in [1.29, 1.82) is 0 Å². The number of aromatic nitrogens is 2. The zero-order valence-corrected chi connectivity index (χ0v) is 10.8. The SMILES string of the molecule is O=C(O)c1cnc(C2C3CC4CC(C3)CC2C4)nc1. The zero-order valence-electron chi connectivity index (χ0n) is 10.8. The highest BCUT2D eigenvalue weighted by atomic mass is 16.4. The van der Waals surface area contributed by atoms with Gasteiger partial charge < -0.3 is 5.11 Å². The maximum Gasteiger partial charge on any atom is 0.338 e. The number of hydrogen-bond acceptors (Lipinski definition) is 3. The van der Waals surface area contributed by atoms with Crippen LogP contribution in [-0.4, -0.2) is 21.0 Å². The topological polar surface area (TPSA) is 63.1 Å². The molecule has 100 valence electrons. The van der Waals surface area contributed by atoms with Gasteiger partial charge in [-0.3, -0.25) is 0 Å². The van der Waals surface area contributed by atoms with Crippen LogP contribution in [0.2, 0.25) is 0 Å². The molecule has 4 aliphatic rings. The van der Waals surface area contributed by atoms with Gasteiger partial charge in [0, 0.05) is 18.3 Å². The summed E-state index contributed by atoms with van der Waals surface area (Å²) in [4.78, 5) is 19.6. The zero-order chi connectivity index (χ0) is 13.0. The van der Waals surface area contributed by atoms with Gasteiger partial charge >= 0.3 is 5.97 Å². The van der Waals surface area contributed by atoms with Crippen LogP contribution in [0.15, 0.2) is 12.4 Å². The van der Waals surface area contributed by atoms with E-state index in [1.165, 1.54) is 44.5 Å². The largest absolute Gasteiger partial charge is 0.478 e. The summed E-state index contributed by atoms with van der Waals surface area (Å²) in [5.74, 6) is 3.79. The number of carbonyl (C=O) groups is 1. The molecule has 4 bridgehead atoms. The van der Waals surface area contributed by atoms with Gasteiger partial charge in [-0.1, -0.05) is 0 Å². The minimum absolute atomic E-state index is 0.188. The Morgan fingerprint density at radius 2 is 1.53 bits per heavy atom. The molecule has 0 radical (unpaired) electrons. The summed E-state index contributed by atoms with van der Waals surface area (Å²) in [5.41, 5.74) is 0.188. The third-order valence-corrected chi connectivity index (χ3v) is 5.44. The minimum atomic E-state index is -0.948. The fraction of sp³-hybridized carbons (Fsp3) is 0.667. The van der Waals surface area contributed by atoms with Crippen LogP contribution >= 0.6 is 0 Å². The molecular formula is C15H18N2O2. The van der Waals surface area contributed by atoms with Crippen LogP contribution in [0.3, 0.4) is 0 Å². The van der Waals surface area contributed by atoms with Gasteiger partial charge in [0.25, 0.3) is 0 Å². The van der Waals surface area contributed by atoms with E-state index < -0.39 is 5.97 Å². The Morgan fingerprint density at radius 1 is 1.00 bits per heavy atom. The molecule has 0 amide bonds. The van der Waals surface area contributed by atoms with Crippen molar-refractivity contribution >= 4 is 5.97 Å². The van der Waals surface area contributed by atoms with Crippen LogP contribution in [-0.2, 0) is 0 Å². The first-order chi connectivity index (χ1) is 9.20. The second kappa shape index (κ2) is 4.02. The quantitative estimate of drug-likeness (QED) is 0.886. The van der Waals surface area contributed by atoms with Gasteiger partial charge in [0.1, 0.15) is 5.82 Å². The molecule has 0 spiro atoms. The van der Waals surface area contributed by atoms with Crippen molar-refractivity contribution in [3.63, 3.8) is 0 Å². The van der Waals surface area contributed by atoms with Gasteiger partial charge in [-0.25, -0.2) is 14.8 Å². The monoisotopic (exact) mass is 258 g/mol. The summed E-state index contributed by atoms with van der Waals surface area (Å²) in [6, 6.07) is 0. The highest BCUT2D eigenvalue weighted by molar-refractivity contribution is 5.86. The van der Waals surface area contributed by atoms with Crippen LogP contribution < -0.4 is 0 Å². The molecule has 4 nitrogen and oxygen atoms in total. The van der Waals surface area contributed by atoms with Crippen LogP contribution in [0, 0.1) is 23.7 Å². The number of carboxylic acids is 1. The average Bonchev–Trinajstić information content (AvgIpc) is 2.38. The first kappa shape index (κ1) is 11.4. The lowest BCUT2D eigenvalue weighted by atomic mass is 9.51. The molecule has 0 atom stereocenters. The molecule has 0 unspecified atom stereocenters. The summed E-state index contributed by atoms with van der Waals surface area (Å²) in [6.45, 7) is 0. The van der Waals surface area contributed by atoms with Gasteiger partial charge in [-0.15, -0.1) is 0 Å². The number of aromatic carboxylic acids is 1. The van der Waals surface area contributed by atoms with Crippen molar-refractivity contribution in [3.05, 3.63) is 23.8 Å². The molecule has 1 N–H and O–H groups in total. The summed E-state index contributed by atoms with van der Waals surface area (Å²) < 4.78 is 0. The number of carboxylic acid groups (broad SMARTS) is 1. The van der Waals surface area contributed by atoms with Crippen molar-refractivity contribution in [2.45, 2.75) is 38.0 Å². The van der Waals surface area contributed by atoms with Crippen molar-refractivity contribution in [2.24, 2.45) is 23.7 Å². The molecule has 0 saturated heterocycles. The lowest BCUT2D eigenvalue weighted by Gasteiger charge is -2.53. The number of hydrogen-bond donors (Lipinski definition) is 1. The Kier molecular flexibility index (Phi) is 2.41. The highest BCUT2D eigenvalue weighted by Gasteiger charge is 2.49. The van der Waals surface area contributed by atoms with Gasteiger partial charge in [0.2, 0.25) is 0 Å². The van der Waals surface area contributed by atoms with E-state index in [1.807, 2.05) is 0 Å². The maximum absolute atomic E-state index is 10.9. The molecule has 1 aromatic heterocycles. The molecule has 4 heteroatoms. The Labute approximate surface area is 112 Å². The molecular weight excluding hydrogens is 240 g/mol. The second-order valence-electron chi connectivity index (χ2n) is 6.59. The van der Waals surface area contributed by atoms with E-state index in [-0.39, 0.29) is 5.56 Å². The molecule has 0 aliphatic heterocycles. The molecule has 1 heterocycles. The lowest BCUT2D eigenvalue weighted by Crippen LogP contribution is -2.44. The molecule has 4 fully saturated rings. The van der Waals surface area contributed by atoms with Gasteiger partial charge in [-0.05, 0) is 55.8 Å². The standard InChI is InChI=1S/C15H18N2O2/c18-15(19)12-6-16-14(17-7-12)13-10-2-8-1-9(4-10)5-11(13)3-8/h6-11,13H,1-5H2,(H,18,19). The fourth-order valence-corrected chi connectivity index (χ4v) is 4.97. The van der Waals surface area contributed by atoms with E-state index in [9.17, 15) is 4.79 Å². The van der Waals surface area contributed by atoms with Crippen molar-refractivity contribution in [3.8, 4) is 0 Å². The summed E-state index contributed by atoms with van der Waals surface area (Å²) >= 11 is 0. The van der Waals surface area contributed by atoms with Crippen LogP contribution in [0.25, 0.3) is 0 Å². The smallest absolute Gasteiger partial charge is 0.338 e. The van der Waals surface area contributed by atoms with Gasteiger partial charge in [-0.2, -0.15) is 0 Å². The van der Waals surface area contributed by atoms with Crippen molar-refractivity contribution in [2.75, 3.05) is 0 Å². The Morgan fingerprint density at radius 3 is 2.00 bits per heavy atom. The Hall–Kier alpha value is -1.45. The first-order valence-corrected chi connectivity index (χ1v) is 7.26. The van der Waals surface area contributed by atoms with Crippen LogP contribution in [0.4, 0.5) is 0 Å². The van der Waals surface area contributed by atoms with Gasteiger partial charge in [0.05, 0.1) is 5.56 Å². The predicted octanol–water partition coefficient (Wildman–Crippen LogP) is 2.71. The van der Waals surface area contributed by atoms with Crippen LogP contribution in [0.5, 0.6) is 0 Å². The fourth-order valence-electron chi connectivity index (χ4n) is 4.97. The van der Waals surface area contributed by atoms with E-state index in [0.717, 1.165) is 29.5 Å². The predicted molar refractivity (Wildman–Crippen MR) is 68.8 cm³/mol. The normalized spacial score (nSPS) is 39.5. The third-order valence-electron chi connectivity index (χ3n) is 5.44. The highest BCUT2D eigenvalue weighted by Crippen LogP contribution is 2.59. The second-order valence-corrected chi connectivity index (χ2v) is 6.59. The maximum atomic E-state index is 10.9. The first-order valence-electron chi connectivity index (χ1n) is 7.26.